The van der Waals surface area contributed by atoms with Gasteiger partial charge in [0.25, 0.3) is 0 Å². The molecule has 0 aliphatic carbocycles. The van der Waals surface area contributed by atoms with Crippen LogP contribution in [0.1, 0.15) is 46.0 Å². The van der Waals surface area contributed by atoms with Gasteiger partial charge >= 0.3 is 6.03 Å². The van der Waals surface area contributed by atoms with Crippen molar-refractivity contribution >= 4 is 17.4 Å². The average molecular weight is 349 g/mol. The number of nitrogens with zero attached hydrogens (tertiary/aromatic N) is 2. The fourth-order valence-electron chi connectivity index (χ4n) is 3.10. The van der Waals surface area contributed by atoms with Crippen LogP contribution in [0.15, 0.2) is 16.5 Å². The summed E-state index contributed by atoms with van der Waals surface area (Å²) < 4.78 is 10.9. The van der Waals surface area contributed by atoms with Crippen LogP contribution in [0, 0.1) is 13.8 Å². The van der Waals surface area contributed by atoms with Crippen LogP contribution in [0.5, 0.6) is 0 Å². The van der Waals surface area contributed by atoms with Crippen molar-refractivity contribution < 1.29 is 13.9 Å². The van der Waals surface area contributed by atoms with Crippen molar-refractivity contribution in [3.05, 3.63) is 39.2 Å². The number of carbonyl (C=O) groups is 1. The molecule has 3 rings (SSSR count). The molecule has 0 saturated carbocycles. The van der Waals surface area contributed by atoms with Crippen molar-refractivity contribution in [2.75, 3.05) is 13.7 Å². The molecule has 1 saturated heterocycles. The quantitative estimate of drug-likeness (QED) is 0.896. The Morgan fingerprint density at radius 1 is 1.50 bits per heavy atom. The first-order valence-electron chi connectivity index (χ1n) is 8.13. The van der Waals surface area contributed by atoms with E-state index in [0.29, 0.717) is 13.2 Å². The smallest absolute Gasteiger partial charge is 0.318 e. The lowest BCUT2D eigenvalue weighted by atomic mass is 10.2. The van der Waals surface area contributed by atoms with Crippen molar-refractivity contribution in [1.29, 1.82) is 0 Å². The van der Waals surface area contributed by atoms with E-state index in [9.17, 15) is 4.79 Å². The first-order chi connectivity index (χ1) is 11.6. The lowest BCUT2D eigenvalue weighted by Crippen LogP contribution is -2.39. The van der Waals surface area contributed by atoms with Gasteiger partial charge in [-0.3, -0.25) is 0 Å². The molecule has 1 aliphatic heterocycles. The Balaban J connectivity index is 1.63. The van der Waals surface area contributed by atoms with E-state index in [1.54, 1.807) is 18.4 Å². The van der Waals surface area contributed by atoms with Gasteiger partial charge in [-0.15, -0.1) is 11.3 Å². The number of hydrogen-bond acceptors (Lipinski definition) is 5. The van der Waals surface area contributed by atoms with E-state index >= 15 is 0 Å². The lowest BCUT2D eigenvalue weighted by Gasteiger charge is -2.23. The number of rotatable bonds is 5. The first kappa shape index (κ1) is 17.0. The van der Waals surface area contributed by atoms with E-state index in [1.807, 2.05) is 30.9 Å². The third-order valence-corrected chi connectivity index (χ3v) is 5.15. The number of aromatic nitrogens is 1. The molecule has 0 aromatic carbocycles. The third kappa shape index (κ3) is 3.62. The summed E-state index contributed by atoms with van der Waals surface area (Å²) in [6.45, 7) is 5.66. The van der Waals surface area contributed by atoms with Gasteiger partial charge in [0, 0.05) is 18.5 Å². The molecule has 1 fully saturated rings. The fraction of sp³-hybridized carbons (Fsp3) is 0.529. The van der Waals surface area contributed by atoms with E-state index in [2.05, 4.69) is 10.3 Å². The number of aryl methyl sites for hydroxylation is 2. The van der Waals surface area contributed by atoms with Crippen LogP contribution in [0.2, 0.25) is 0 Å². The molecule has 24 heavy (non-hydrogen) atoms. The summed E-state index contributed by atoms with van der Waals surface area (Å²) >= 11 is 1.66. The second kappa shape index (κ2) is 7.36. The number of methoxy groups -OCH3 is 1. The molecule has 1 atom stereocenters. The van der Waals surface area contributed by atoms with Crippen LogP contribution in [-0.4, -0.2) is 29.6 Å². The van der Waals surface area contributed by atoms with Gasteiger partial charge in [-0.05, 0) is 38.8 Å². The van der Waals surface area contributed by atoms with E-state index in [-0.39, 0.29) is 12.1 Å². The van der Waals surface area contributed by atoms with Gasteiger partial charge in [-0.2, -0.15) is 0 Å². The number of ether oxygens (including phenoxy) is 1. The lowest BCUT2D eigenvalue weighted by molar-refractivity contribution is 0.156. The maximum Gasteiger partial charge on any atom is 0.318 e. The van der Waals surface area contributed by atoms with Gasteiger partial charge in [0.2, 0.25) is 0 Å². The van der Waals surface area contributed by atoms with Crippen molar-refractivity contribution in [2.45, 2.75) is 45.9 Å². The van der Waals surface area contributed by atoms with Crippen molar-refractivity contribution in [3.63, 3.8) is 0 Å². The van der Waals surface area contributed by atoms with Crippen LogP contribution in [0.4, 0.5) is 4.79 Å². The Kier molecular flexibility index (Phi) is 5.20. The van der Waals surface area contributed by atoms with Gasteiger partial charge in [0.1, 0.15) is 18.1 Å². The van der Waals surface area contributed by atoms with Crippen LogP contribution in [0.25, 0.3) is 0 Å². The van der Waals surface area contributed by atoms with Crippen molar-refractivity contribution in [2.24, 2.45) is 0 Å². The molecule has 0 bridgehead atoms. The Bertz CT molecular complexity index is 710. The molecule has 7 heteroatoms. The van der Waals surface area contributed by atoms with Crippen molar-refractivity contribution in [1.82, 2.24) is 15.2 Å². The summed E-state index contributed by atoms with van der Waals surface area (Å²) in [7, 11) is 1.64. The van der Waals surface area contributed by atoms with E-state index < -0.39 is 0 Å². The zero-order chi connectivity index (χ0) is 17.1. The number of furan rings is 1. The number of amides is 2. The molecule has 130 valence electrons. The largest absolute Gasteiger partial charge is 0.461 e. The number of carbonyl (C=O) groups excluding carboxylic acids is 1. The second-order valence-corrected chi connectivity index (χ2v) is 7.39. The molecule has 0 spiro atoms. The molecule has 1 N–H and O–H groups in total. The number of likely N-dealkylation sites (tertiary alicyclic amines) is 1. The number of thiazole rings is 1. The summed E-state index contributed by atoms with van der Waals surface area (Å²) in [5.41, 5.74) is 0.946. The predicted octanol–water partition coefficient (Wildman–Crippen LogP) is 3.55. The monoisotopic (exact) mass is 349 g/mol. The molecule has 6 nitrogen and oxygen atoms in total. The zero-order valence-electron chi connectivity index (χ0n) is 14.3. The number of nitrogens with one attached hydrogen (secondary N) is 1. The van der Waals surface area contributed by atoms with E-state index in [4.69, 9.17) is 9.15 Å². The third-order valence-electron chi connectivity index (χ3n) is 4.22. The maximum atomic E-state index is 12.6. The second-order valence-electron chi connectivity index (χ2n) is 5.98. The van der Waals surface area contributed by atoms with Crippen LogP contribution in [-0.2, 0) is 17.9 Å². The highest BCUT2D eigenvalue weighted by molar-refractivity contribution is 7.11. The standard InChI is InChI=1S/C17H23N3O3S/c1-11-14(19-12(2)24-11)9-18-17(21)20-8-4-5-15(20)16-7-6-13(23-16)10-22-3/h6-7,15H,4-5,8-10H2,1-3H3,(H,18,21)/t15-/m1/s1. The Morgan fingerprint density at radius 2 is 2.33 bits per heavy atom. The van der Waals surface area contributed by atoms with Gasteiger partial charge in [-0.25, -0.2) is 9.78 Å². The Hall–Kier alpha value is -1.86. The zero-order valence-corrected chi connectivity index (χ0v) is 15.1. The highest BCUT2D eigenvalue weighted by Gasteiger charge is 2.32. The first-order valence-corrected chi connectivity index (χ1v) is 8.95. The number of hydrogen-bond donors (Lipinski definition) is 1. The van der Waals surface area contributed by atoms with E-state index in [0.717, 1.165) is 46.5 Å². The highest BCUT2D eigenvalue weighted by atomic mass is 32.1. The summed E-state index contributed by atoms with van der Waals surface area (Å²) in [5.74, 6) is 1.61. The van der Waals surface area contributed by atoms with Crippen LogP contribution in [0.3, 0.4) is 0 Å². The van der Waals surface area contributed by atoms with Gasteiger partial charge in [0.05, 0.1) is 23.3 Å². The molecule has 0 radical (unpaired) electrons. The van der Waals surface area contributed by atoms with Gasteiger partial charge in [0.15, 0.2) is 0 Å². The van der Waals surface area contributed by atoms with Gasteiger partial charge in [-0.1, -0.05) is 0 Å². The normalized spacial score (nSPS) is 17.5. The molecule has 2 amide bonds. The topological polar surface area (TPSA) is 67.6 Å². The molecule has 3 heterocycles. The molecule has 2 aromatic heterocycles. The minimum Gasteiger partial charge on any atom is -0.461 e. The summed E-state index contributed by atoms with van der Waals surface area (Å²) in [6, 6.07) is 3.79. The minimum atomic E-state index is -0.0627. The molecule has 1 aliphatic rings. The average Bonchev–Trinajstić information content (AvgIpc) is 3.25. The summed E-state index contributed by atoms with van der Waals surface area (Å²) in [4.78, 5) is 20.0. The number of urea groups is 1. The minimum absolute atomic E-state index is 0.00567. The maximum absolute atomic E-state index is 12.6. The molecular formula is C17H23N3O3S. The highest BCUT2D eigenvalue weighted by Crippen LogP contribution is 2.33. The van der Waals surface area contributed by atoms with E-state index in [1.165, 1.54) is 0 Å². The van der Waals surface area contributed by atoms with Crippen LogP contribution < -0.4 is 5.32 Å². The molecule has 0 unspecified atom stereocenters. The predicted molar refractivity (Wildman–Crippen MR) is 91.9 cm³/mol. The summed E-state index contributed by atoms with van der Waals surface area (Å²) in [6.07, 6.45) is 1.90. The van der Waals surface area contributed by atoms with Gasteiger partial charge < -0.3 is 19.4 Å². The van der Waals surface area contributed by atoms with Crippen LogP contribution >= 0.6 is 11.3 Å². The Morgan fingerprint density at radius 3 is 3.04 bits per heavy atom. The Labute approximate surface area is 145 Å². The molecule has 2 aromatic rings. The SMILES string of the molecule is COCc1ccc([C@H]2CCCN2C(=O)NCc2nc(C)sc2C)o1. The van der Waals surface area contributed by atoms with Crippen molar-refractivity contribution in [3.8, 4) is 0 Å². The molecular weight excluding hydrogens is 326 g/mol. The fourth-order valence-corrected chi connectivity index (χ4v) is 3.93. The summed E-state index contributed by atoms with van der Waals surface area (Å²) in [5, 5.41) is 4.02.